The zero-order valence-electron chi connectivity index (χ0n) is 7.67. The Morgan fingerprint density at radius 2 is 2.17 bits per heavy atom. The molecule has 0 aromatic heterocycles. The van der Waals surface area contributed by atoms with Gasteiger partial charge in [0, 0.05) is 0 Å². The van der Waals surface area contributed by atoms with E-state index in [4.69, 9.17) is 0 Å². The van der Waals surface area contributed by atoms with Gasteiger partial charge in [-0.2, -0.15) is 0 Å². The molecule has 0 unspecified atom stereocenters. The van der Waals surface area contributed by atoms with E-state index in [-0.39, 0.29) is 0 Å². The van der Waals surface area contributed by atoms with E-state index in [1.165, 1.54) is 16.7 Å². The van der Waals surface area contributed by atoms with E-state index in [1.807, 2.05) is 13.0 Å². The molecule has 0 aliphatic heterocycles. The smallest absolute Gasteiger partial charge is 0.0185 e. The predicted octanol–water partition coefficient (Wildman–Crippen LogP) is 3.58. The quantitative estimate of drug-likeness (QED) is 0.577. The number of aryl methyl sites for hydroxylation is 1. The molecule has 1 rings (SSSR count). The Hall–Kier alpha value is -1.30. The summed E-state index contributed by atoms with van der Waals surface area (Å²) in [5.41, 5.74) is 3.72. The van der Waals surface area contributed by atoms with E-state index in [2.05, 4.69) is 43.8 Å². The van der Waals surface area contributed by atoms with Crippen LogP contribution < -0.4 is 0 Å². The first-order valence-electron chi connectivity index (χ1n) is 4.13. The Morgan fingerprint density at radius 3 is 2.67 bits per heavy atom. The van der Waals surface area contributed by atoms with E-state index in [0.717, 1.165) is 0 Å². The van der Waals surface area contributed by atoms with E-state index in [0.29, 0.717) is 0 Å². The monoisotopic (exact) mass is 158 g/mol. The molecular weight excluding hydrogens is 144 g/mol. The molecule has 0 radical (unpaired) electrons. The SMILES string of the molecule is C=C/C(=C\C)c1cccc(C)c1. The third-order valence-corrected chi connectivity index (χ3v) is 1.88. The molecule has 0 heterocycles. The van der Waals surface area contributed by atoms with Crippen molar-refractivity contribution in [3.05, 3.63) is 54.1 Å². The Bertz CT molecular complexity index is 306. The topological polar surface area (TPSA) is 0 Å². The van der Waals surface area contributed by atoms with Gasteiger partial charge in [0.15, 0.2) is 0 Å². The van der Waals surface area contributed by atoms with Crippen LogP contribution in [0.2, 0.25) is 0 Å². The van der Waals surface area contributed by atoms with Crippen LogP contribution in [0.3, 0.4) is 0 Å². The second-order valence-corrected chi connectivity index (χ2v) is 2.82. The Balaban J connectivity index is 3.10. The minimum atomic E-state index is 1.19. The lowest BCUT2D eigenvalue weighted by atomic mass is 10.0. The fourth-order valence-electron chi connectivity index (χ4n) is 1.23. The third kappa shape index (κ3) is 1.85. The van der Waals surface area contributed by atoms with Gasteiger partial charge >= 0.3 is 0 Å². The van der Waals surface area contributed by atoms with Crippen molar-refractivity contribution in [3.63, 3.8) is 0 Å². The molecule has 0 amide bonds. The van der Waals surface area contributed by atoms with Crippen LogP contribution in [0.1, 0.15) is 18.1 Å². The van der Waals surface area contributed by atoms with Crippen LogP contribution in [0.15, 0.2) is 43.0 Å². The zero-order chi connectivity index (χ0) is 8.97. The van der Waals surface area contributed by atoms with Crippen molar-refractivity contribution in [2.24, 2.45) is 0 Å². The normalized spacial score (nSPS) is 11.3. The fourth-order valence-corrected chi connectivity index (χ4v) is 1.23. The van der Waals surface area contributed by atoms with Crippen LogP contribution in [0.4, 0.5) is 0 Å². The first-order chi connectivity index (χ1) is 5.77. The Morgan fingerprint density at radius 1 is 1.42 bits per heavy atom. The summed E-state index contributed by atoms with van der Waals surface area (Å²) in [6.45, 7) is 7.89. The standard InChI is InChI=1S/C12H14/c1-4-11(5-2)12-8-6-7-10(3)9-12/h4-9H,1H2,2-3H3/b11-5+. The van der Waals surface area contributed by atoms with Crippen LogP contribution in [0.5, 0.6) is 0 Å². The maximum atomic E-state index is 3.77. The van der Waals surface area contributed by atoms with Crippen LogP contribution in [0.25, 0.3) is 5.57 Å². The zero-order valence-corrected chi connectivity index (χ0v) is 7.67. The first-order valence-corrected chi connectivity index (χ1v) is 4.13. The highest BCUT2D eigenvalue weighted by Crippen LogP contribution is 2.15. The van der Waals surface area contributed by atoms with Gasteiger partial charge in [-0.1, -0.05) is 48.6 Å². The second kappa shape index (κ2) is 3.91. The van der Waals surface area contributed by atoms with E-state index >= 15 is 0 Å². The molecule has 0 spiro atoms. The minimum absolute atomic E-state index is 1.19. The van der Waals surface area contributed by atoms with Crippen molar-refractivity contribution in [1.82, 2.24) is 0 Å². The largest absolute Gasteiger partial charge is 0.0985 e. The lowest BCUT2D eigenvalue weighted by molar-refractivity contribution is 1.45. The molecule has 0 bridgehead atoms. The van der Waals surface area contributed by atoms with Gasteiger partial charge in [0.05, 0.1) is 0 Å². The molecule has 0 saturated heterocycles. The van der Waals surface area contributed by atoms with Crippen molar-refractivity contribution < 1.29 is 0 Å². The predicted molar refractivity (Wildman–Crippen MR) is 55.0 cm³/mol. The van der Waals surface area contributed by atoms with Gasteiger partial charge in [-0.15, -0.1) is 0 Å². The summed E-state index contributed by atoms with van der Waals surface area (Å²) in [7, 11) is 0. The molecule has 0 N–H and O–H groups in total. The van der Waals surface area contributed by atoms with E-state index in [9.17, 15) is 0 Å². The number of rotatable bonds is 2. The number of benzene rings is 1. The lowest BCUT2D eigenvalue weighted by Gasteiger charge is -2.01. The maximum absolute atomic E-state index is 3.77. The van der Waals surface area contributed by atoms with Gasteiger partial charge < -0.3 is 0 Å². The highest BCUT2D eigenvalue weighted by molar-refractivity contribution is 5.73. The average molecular weight is 158 g/mol. The molecule has 12 heavy (non-hydrogen) atoms. The molecule has 0 saturated carbocycles. The summed E-state index contributed by atoms with van der Waals surface area (Å²) < 4.78 is 0. The highest BCUT2D eigenvalue weighted by Gasteiger charge is 1.94. The average Bonchev–Trinajstić information content (AvgIpc) is 2.07. The number of hydrogen-bond donors (Lipinski definition) is 0. The van der Waals surface area contributed by atoms with Gasteiger partial charge in [0.25, 0.3) is 0 Å². The van der Waals surface area contributed by atoms with Crippen LogP contribution in [-0.2, 0) is 0 Å². The summed E-state index contributed by atoms with van der Waals surface area (Å²) in [6.07, 6.45) is 3.95. The van der Waals surface area contributed by atoms with Crippen LogP contribution in [0, 0.1) is 6.92 Å². The van der Waals surface area contributed by atoms with Gasteiger partial charge in [0.1, 0.15) is 0 Å². The Labute approximate surface area is 74.2 Å². The molecule has 62 valence electrons. The third-order valence-electron chi connectivity index (χ3n) is 1.88. The van der Waals surface area contributed by atoms with Gasteiger partial charge in [-0.3, -0.25) is 0 Å². The van der Waals surface area contributed by atoms with Gasteiger partial charge in [-0.05, 0) is 25.0 Å². The molecule has 0 fully saturated rings. The molecule has 0 atom stereocenters. The first kappa shape index (κ1) is 8.79. The molecule has 1 aromatic carbocycles. The molecule has 0 aliphatic carbocycles. The van der Waals surface area contributed by atoms with Crippen molar-refractivity contribution in [2.45, 2.75) is 13.8 Å². The van der Waals surface area contributed by atoms with E-state index < -0.39 is 0 Å². The van der Waals surface area contributed by atoms with Gasteiger partial charge in [0.2, 0.25) is 0 Å². The molecule has 0 nitrogen and oxygen atoms in total. The van der Waals surface area contributed by atoms with E-state index in [1.54, 1.807) is 0 Å². The van der Waals surface area contributed by atoms with Gasteiger partial charge in [-0.25, -0.2) is 0 Å². The summed E-state index contributed by atoms with van der Waals surface area (Å²) in [5.74, 6) is 0. The van der Waals surface area contributed by atoms with Crippen LogP contribution in [-0.4, -0.2) is 0 Å². The molecule has 0 heteroatoms. The van der Waals surface area contributed by atoms with Crippen LogP contribution >= 0.6 is 0 Å². The van der Waals surface area contributed by atoms with Crippen molar-refractivity contribution in [3.8, 4) is 0 Å². The fraction of sp³-hybridized carbons (Fsp3) is 0.167. The van der Waals surface area contributed by atoms with Crippen molar-refractivity contribution in [1.29, 1.82) is 0 Å². The number of allylic oxidation sites excluding steroid dienone is 3. The number of hydrogen-bond acceptors (Lipinski definition) is 0. The minimum Gasteiger partial charge on any atom is -0.0985 e. The summed E-state index contributed by atoms with van der Waals surface area (Å²) in [6, 6.07) is 8.43. The second-order valence-electron chi connectivity index (χ2n) is 2.82. The molecule has 0 aliphatic rings. The lowest BCUT2D eigenvalue weighted by Crippen LogP contribution is -1.80. The molecular formula is C12H14. The highest BCUT2D eigenvalue weighted by atomic mass is 14.0. The van der Waals surface area contributed by atoms with Crippen molar-refractivity contribution in [2.75, 3.05) is 0 Å². The summed E-state index contributed by atoms with van der Waals surface area (Å²) >= 11 is 0. The molecule has 1 aromatic rings. The Kier molecular flexibility index (Phi) is 2.87. The van der Waals surface area contributed by atoms with Crippen molar-refractivity contribution >= 4 is 5.57 Å². The maximum Gasteiger partial charge on any atom is -0.0185 e. The summed E-state index contributed by atoms with van der Waals surface area (Å²) in [4.78, 5) is 0. The summed E-state index contributed by atoms with van der Waals surface area (Å²) in [5, 5.41) is 0.